The van der Waals surface area contributed by atoms with Gasteiger partial charge in [0.15, 0.2) is 0 Å². The molecule has 0 N–H and O–H groups in total. The lowest BCUT2D eigenvalue weighted by Crippen LogP contribution is -2.24. The lowest BCUT2D eigenvalue weighted by Gasteiger charge is -2.23. The number of aryl methyl sites for hydroxylation is 1. The zero-order valence-corrected chi connectivity index (χ0v) is 16.2. The van der Waals surface area contributed by atoms with Crippen molar-refractivity contribution in [2.75, 3.05) is 16.5 Å². The second-order valence-corrected chi connectivity index (χ2v) is 7.50. The van der Waals surface area contributed by atoms with Gasteiger partial charge < -0.3 is 14.2 Å². The summed E-state index contributed by atoms with van der Waals surface area (Å²) >= 11 is 0. The summed E-state index contributed by atoms with van der Waals surface area (Å²) in [6.07, 6.45) is 0. The molecule has 0 fully saturated rings. The van der Waals surface area contributed by atoms with Crippen LogP contribution in [-0.4, -0.2) is 6.67 Å². The highest BCUT2D eigenvalue weighted by molar-refractivity contribution is 6.09. The van der Waals surface area contributed by atoms with Gasteiger partial charge in [0.25, 0.3) is 0 Å². The van der Waals surface area contributed by atoms with E-state index in [2.05, 4.69) is 95.6 Å². The minimum absolute atomic E-state index is 0.783. The fourth-order valence-electron chi connectivity index (χ4n) is 4.52. The topological polar surface area (TPSA) is 19.6 Å². The van der Waals surface area contributed by atoms with Gasteiger partial charge in [0, 0.05) is 22.1 Å². The van der Waals surface area contributed by atoms with E-state index in [0.717, 1.165) is 17.8 Å². The fourth-order valence-corrected chi connectivity index (χ4v) is 4.52. The largest absolute Gasteiger partial charge is 0.456 e. The van der Waals surface area contributed by atoms with E-state index in [-0.39, 0.29) is 0 Å². The fraction of sp³-hybridized carbons (Fsp3) is 0.0769. The maximum Gasteiger partial charge on any atom is 0.135 e. The summed E-state index contributed by atoms with van der Waals surface area (Å²) in [5.74, 6) is 0. The van der Waals surface area contributed by atoms with Crippen molar-refractivity contribution in [1.82, 2.24) is 0 Å². The number of furan rings is 1. The van der Waals surface area contributed by atoms with Gasteiger partial charge in [0.1, 0.15) is 17.8 Å². The summed E-state index contributed by atoms with van der Waals surface area (Å²) in [7, 11) is 0. The number of hydrogen-bond donors (Lipinski definition) is 0. The lowest BCUT2D eigenvalue weighted by atomic mass is 10.0. The summed E-state index contributed by atoms with van der Waals surface area (Å²) in [6, 6.07) is 31.8. The molecule has 3 nitrogen and oxygen atoms in total. The number of benzene rings is 4. The first-order valence-corrected chi connectivity index (χ1v) is 9.91. The Balaban J connectivity index is 1.54. The second-order valence-electron chi connectivity index (χ2n) is 7.50. The molecule has 0 atom stereocenters. The van der Waals surface area contributed by atoms with Gasteiger partial charge in [-0.1, -0.05) is 48.5 Å². The molecule has 0 aliphatic carbocycles. The highest BCUT2D eigenvalue weighted by Crippen LogP contribution is 2.46. The smallest absolute Gasteiger partial charge is 0.135 e. The van der Waals surface area contributed by atoms with Gasteiger partial charge in [-0.3, -0.25) is 0 Å². The Hall–Kier alpha value is -3.72. The predicted octanol–water partition coefficient (Wildman–Crippen LogP) is 7.14. The Kier molecular flexibility index (Phi) is 3.44. The summed E-state index contributed by atoms with van der Waals surface area (Å²) in [5, 5.41) is 2.38. The SMILES string of the molecule is Cc1c(N2CN(c3ccccc3)c3ccccc32)ccc2oc3ccccc3c12. The zero-order chi connectivity index (χ0) is 19.4. The first-order valence-electron chi connectivity index (χ1n) is 9.91. The first kappa shape index (κ1) is 16.3. The van der Waals surface area contributed by atoms with Gasteiger partial charge in [-0.05, 0) is 55.0 Å². The van der Waals surface area contributed by atoms with Gasteiger partial charge in [0.2, 0.25) is 0 Å². The van der Waals surface area contributed by atoms with Gasteiger partial charge in [0.05, 0.1) is 11.4 Å². The molecular formula is C26H20N2O. The number of rotatable bonds is 2. The van der Waals surface area contributed by atoms with Crippen LogP contribution in [0.1, 0.15) is 5.56 Å². The third-order valence-electron chi connectivity index (χ3n) is 5.88. The minimum Gasteiger partial charge on any atom is -0.456 e. The van der Waals surface area contributed by atoms with Crippen LogP contribution < -0.4 is 9.80 Å². The predicted molar refractivity (Wildman–Crippen MR) is 120 cm³/mol. The Morgan fingerprint density at radius 2 is 1.31 bits per heavy atom. The Morgan fingerprint density at radius 1 is 0.621 bits per heavy atom. The summed E-state index contributed by atoms with van der Waals surface area (Å²) in [5.41, 5.74) is 8.01. The van der Waals surface area contributed by atoms with Crippen molar-refractivity contribution in [2.45, 2.75) is 6.92 Å². The summed E-state index contributed by atoms with van der Waals surface area (Å²) < 4.78 is 6.08. The van der Waals surface area contributed by atoms with Crippen LogP contribution in [0, 0.1) is 6.92 Å². The molecule has 29 heavy (non-hydrogen) atoms. The van der Waals surface area contributed by atoms with E-state index < -0.39 is 0 Å². The van der Waals surface area contributed by atoms with E-state index in [1.165, 1.54) is 39.1 Å². The molecule has 0 saturated carbocycles. The van der Waals surface area contributed by atoms with Gasteiger partial charge in [-0.25, -0.2) is 0 Å². The van der Waals surface area contributed by atoms with E-state index in [0.29, 0.717) is 0 Å². The molecule has 140 valence electrons. The van der Waals surface area contributed by atoms with E-state index in [1.54, 1.807) is 0 Å². The Bertz CT molecular complexity index is 1350. The molecule has 0 spiro atoms. The molecular weight excluding hydrogens is 356 g/mol. The molecule has 1 aliphatic rings. The summed E-state index contributed by atoms with van der Waals surface area (Å²) in [4.78, 5) is 4.77. The van der Waals surface area contributed by atoms with Crippen molar-refractivity contribution in [3.05, 3.63) is 96.6 Å². The number of para-hydroxylation sites is 4. The van der Waals surface area contributed by atoms with E-state index >= 15 is 0 Å². The van der Waals surface area contributed by atoms with Crippen molar-refractivity contribution in [3.63, 3.8) is 0 Å². The minimum atomic E-state index is 0.783. The number of anilines is 4. The van der Waals surface area contributed by atoms with Crippen LogP contribution in [0.5, 0.6) is 0 Å². The molecule has 0 bridgehead atoms. The third-order valence-corrected chi connectivity index (χ3v) is 5.88. The average Bonchev–Trinajstić information content (AvgIpc) is 3.34. The number of nitrogens with zero attached hydrogens (tertiary/aromatic N) is 2. The van der Waals surface area contributed by atoms with Crippen molar-refractivity contribution < 1.29 is 4.42 Å². The zero-order valence-electron chi connectivity index (χ0n) is 16.2. The van der Waals surface area contributed by atoms with Crippen LogP contribution >= 0.6 is 0 Å². The molecule has 0 radical (unpaired) electrons. The second kappa shape index (κ2) is 6.14. The first-order chi connectivity index (χ1) is 14.3. The van der Waals surface area contributed by atoms with Crippen LogP contribution in [0.15, 0.2) is 95.4 Å². The molecule has 0 amide bonds. The van der Waals surface area contributed by atoms with Crippen LogP contribution in [0.3, 0.4) is 0 Å². The summed E-state index contributed by atoms with van der Waals surface area (Å²) in [6.45, 7) is 2.99. The van der Waals surface area contributed by atoms with Crippen LogP contribution in [0.4, 0.5) is 22.7 Å². The Labute approximate surface area is 169 Å². The van der Waals surface area contributed by atoms with Crippen LogP contribution in [-0.2, 0) is 0 Å². The standard InChI is InChI=1S/C26H20N2O/c1-18-21(15-16-25-26(18)20-11-5-8-14-24(20)29-25)28-17-27(19-9-3-2-4-10-19)22-12-6-7-13-23(22)28/h2-16H,17H2,1H3. The maximum atomic E-state index is 6.08. The number of hydrogen-bond acceptors (Lipinski definition) is 3. The molecule has 1 aliphatic heterocycles. The van der Waals surface area contributed by atoms with Crippen LogP contribution in [0.2, 0.25) is 0 Å². The Morgan fingerprint density at radius 3 is 2.14 bits per heavy atom. The van der Waals surface area contributed by atoms with Gasteiger partial charge in [-0.15, -0.1) is 0 Å². The normalized spacial score (nSPS) is 13.4. The highest BCUT2D eigenvalue weighted by Gasteiger charge is 2.29. The average molecular weight is 376 g/mol. The molecule has 4 aromatic carbocycles. The van der Waals surface area contributed by atoms with Crippen molar-refractivity contribution in [1.29, 1.82) is 0 Å². The molecule has 1 aromatic heterocycles. The molecule has 0 unspecified atom stereocenters. The molecule has 3 heteroatoms. The molecule has 5 aromatic rings. The lowest BCUT2D eigenvalue weighted by molar-refractivity contribution is 0.669. The molecule has 6 rings (SSSR count). The van der Waals surface area contributed by atoms with Gasteiger partial charge in [-0.2, -0.15) is 0 Å². The van der Waals surface area contributed by atoms with Crippen molar-refractivity contribution in [3.8, 4) is 0 Å². The van der Waals surface area contributed by atoms with E-state index in [4.69, 9.17) is 4.42 Å². The highest BCUT2D eigenvalue weighted by atomic mass is 16.3. The maximum absolute atomic E-state index is 6.08. The van der Waals surface area contributed by atoms with Gasteiger partial charge >= 0.3 is 0 Å². The van der Waals surface area contributed by atoms with Crippen LogP contribution in [0.25, 0.3) is 21.9 Å². The quantitative estimate of drug-likeness (QED) is 0.326. The van der Waals surface area contributed by atoms with E-state index in [9.17, 15) is 0 Å². The van der Waals surface area contributed by atoms with Crippen molar-refractivity contribution in [2.24, 2.45) is 0 Å². The van der Waals surface area contributed by atoms with E-state index in [1.807, 2.05) is 12.1 Å². The third kappa shape index (κ3) is 2.37. The monoisotopic (exact) mass is 376 g/mol. The molecule has 2 heterocycles. The molecule has 0 saturated heterocycles. The van der Waals surface area contributed by atoms with Crippen molar-refractivity contribution >= 4 is 44.7 Å². The number of fused-ring (bicyclic) bond motifs is 4.